The Balaban J connectivity index is 2.35. The molecule has 6 heteroatoms. The molecule has 1 amide bonds. The molecule has 0 aliphatic heterocycles. The van der Waals surface area contributed by atoms with Crippen molar-refractivity contribution in [1.82, 2.24) is 0 Å². The third kappa shape index (κ3) is 3.52. The van der Waals surface area contributed by atoms with Gasteiger partial charge in [-0.2, -0.15) is 0 Å². The van der Waals surface area contributed by atoms with Crippen LogP contribution in [0, 0.1) is 5.82 Å². The van der Waals surface area contributed by atoms with E-state index < -0.39 is 17.8 Å². The monoisotopic (exact) mass is 352 g/mol. The van der Waals surface area contributed by atoms with E-state index in [2.05, 4.69) is 21.2 Å². The number of carbonyl (C=O) groups is 1. The largest absolute Gasteiger partial charge is 0.495 e. The van der Waals surface area contributed by atoms with Gasteiger partial charge in [0.05, 0.1) is 17.3 Å². The topological polar surface area (TPSA) is 64.3 Å². The minimum atomic E-state index is -0.858. The number of primary amides is 1. The SMILES string of the molecule is COc1ccccc1NC(C(N)=O)c1ccc(Br)c(F)c1. The Morgan fingerprint density at radius 2 is 2.05 bits per heavy atom. The number of para-hydroxylation sites is 2. The fourth-order valence-corrected chi connectivity index (χ4v) is 2.18. The molecule has 1 unspecified atom stereocenters. The number of nitrogens with two attached hydrogens (primary N) is 1. The van der Waals surface area contributed by atoms with Gasteiger partial charge in [0.1, 0.15) is 17.6 Å². The number of rotatable bonds is 5. The summed E-state index contributed by atoms with van der Waals surface area (Å²) in [6.45, 7) is 0. The van der Waals surface area contributed by atoms with Gasteiger partial charge in [-0.3, -0.25) is 4.79 Å². The van der Waals surface area contributed by atoms with Crippen molar-refractivity contribution in [2.24, 2.45) is 5.73 Å². The van der Waals surface area contributed by atoms with E-state index in [1.54, 1.807) is 24.3 Å². The molecule has 0 saturated carbocycles. The summed E-state index contributed by atoms with van der Waals surface area (Å²) in [4.78, 5) is 11.7. The van der Waals surface area contributed by atoms with Gasteiger partial charge >= 0.3 is 0 Å². The van der Waals surface area contributed by atoms with E-state index in [1.807, 2.05) is 6.07 Å². The summed E-state index contributed by atoms with van der Waals surface area (Å²) < 4.78 is 19.2. The van der Waals surface area contributed by atoms with Crippen molar-refractivity contribution in [2.75, 3.05) is 12.4 Å². The van der Waals surface area contributed by atoms with Crippen LogP contribution in [0.1, 0.15) is 11.6 Å². The number of hydrogen-bond donors (Lipinski definition) is 2. The van der Waals surface area contributed by atoms with Crippen molar-refractivity contribution in [3.63, 3.8) is 0 Å². The number of carbonyl (C=O) groups excluding carboxylic acids is 1. The summed E-state index contributed by atoms with van der Waals surface area (Å²) in [5, 5.41) is 2.98. The van der Waals surface area contributed by atoms with Gasteiger partial charge in [0.15, 0.2) is 0 Å². The number of ether oxygens (including phenoxy) is 1. The summed E-state index contributed by atoms with van der Waals surface area (Å²) in [5.41, 5.74) is 6.46. The third-order valence-corrected chi connectivity index (χ3v) is 3.61. The first-order valence-electron chi connectivity index (χ1n) is 6.16. The average molecular weight is 353 g/mol. The summed E-state index contributed by atoms with van der Waals surface area (Å²) in [7, 11) is 1.53. The second-order valence-corrected chi connectivity index (χ2v) is 5.21. The zero-order valence-electron chi connectivity index (χ0n) is 11.3. The minimum Gasteiger partial charge on any atom is -0.495 e. The van der Waals surface area contributed by atoms with Crippen LogP contribution in [0.4, 0.5) is 10.1 Å². The van der Waals surface area contributed by atoms with Crippen LogP contribution in [0.3, 0.4) is 0 Å². The molecule has 0 spiro atoms. The van der Waals surface area contributed by atoms with Gasteiger partial charge in [0.25, 0.3) is 0 Å². The number of halogens is 2. The highest BCUT2D eigenvalue weighted by molar-refractivity contribution is 9.10. The Kier molecular flexibility index (Phi) is 4.80. The second kappa shape index (κ2) is 6.58. The fraction of sp³-hybridized carbons (Fsp3) is 0.133. The molecule has 1 atom stereocenters. The van der Waals surface area contributed by atoms with Crippen LogP contribution in [-0.2, 0) is 4.79 Å². The lowest BCUT2D eigenvalue weighted by Gasteiger charge is -2.19. The van der Waals surface area contributed by atoms with Crippen LogP contribution in [0.25, 0.3) is 0 Å². The lowest BCUT2D eigenvalue weighted by atomic mass is 10.1. The molecule has 2 aromatic rings. The van der Waals surface area contributed by atoms with E-state index in [9.17, 15) is 9.18 Å². The van der Waals surface area contributed by atoms with Crippen LogP contribution in [-0.4, -0.2) is 13.0 Å². The number of methoxy groups -OCH3 is 1. The van der Waals surface area contributed by atoms with Crippen LogP contribution in [0.2, 0.25) is 0 Å². The van der Waals surface area contributed by atoms with E-state index in [1.165, 1.54) is 19.2 Å². The van der Waals surface area contributed by atoms with Gasteiger partial charge in [-0.05, 0) is 45.8 Å². The smallest absolute Gasteiger partial charge is 0.244 e. The maximum Gasteiger partial charge on any atom is 0.244 e. The fourth-order valence-electron chi connectivity index (χ4n) is 1.93. The quantitative estimate of drug-likeness (QED) is 0.868. The number of anilines is 1. The lowest BCUT2D eigenvalue weighted by Crippen LogP contribution is -2.28. The van der Waals surface area contributed by atoms with Crippen molar-refractivity contribution in [3.8, 4) is 5.75 Å². The van der Waals surface area contributed by atoms with Gasteiger partial charge < -0.3 is 15.8 Å². The van der Waals surface area contributed by atoms with Crippen molar-refractivity contribution >= 4 is 27.5 Å². The third-order valence-electron chi connectivity index (χ3n) is 2.97. The van der Waals surface area contributed by atoms with E-state index in [-0.39, 0.29) is 0 Å². The second-order valence-electron chi connectivity index (χ2n) is 4.35. The Labute approximate surface area is 130 Å². The Morgan fingerprint density at radius 1 is 1.33 bits per heavy atom. The van der Waals surface area contributed by atoms with Crippen LogP contribution < -0.4 is 15.8 Å². The summed E-state index contributed by atoms with van der Waals surface area (Å²) in [6, 6.07) is 10.7. The molecule has 0 radical (unpaired) electrons. The standard InChI is InChI=1S/C15H14BrFN2O2/c1-21-13-5-3-2-4-12(13)19-14(15(18)20)9-6-7-10(16)11(17)8-9/h2-8,14,19H,1H3,(H2,18,20). The van der Waals surface area contributed by atoms with Gasteiger partial charge in [-0.1, -0.05) is 18.2 Å². The lowest BCUT2D eigenvalue weighted by molar-refractivity contribution is -0.118. The van der Waals surface area contributed by atoms with Gasteiger partial charge in [0.2, 0.25) is 5.91 Å². The highest BCUT2D eigenvalue weighted by atomic mass is 79.9. The first-order chi connectivity index (χ1) is 10.0. The maximum absolute atomic E-state index is 13.6. The zero-order valence-corrected chi connectivity index (χ0v) is 12.9. The molecule has 3 N–H and O–H groups in total. The molecule has 0 saturated heterocycles. The molecule has 2 rings (SSSR count). The number of amides is 1. The van der Waals surface area contributed by atoms with E-state index in [0.29, 0.717) is 21.5 Å². The molecule has 2 aromatic carbocycles. The zero-order chi connectivity index (χ0) is 15.4. The Morgan fingerprint density at radius 3 is 2.67 bits per heavy atom. The molecule has 0 fully saturated rings. The normalized spacial score (nSPS) is 11.8. The molecule has 0 bridgehead atoms. The van der Waals surface area contributed by atoms with Crippen molar-refractivity contribution in [1.29, 1.82) is 0 Å². The van der Waals surface area contributed by atoms with Gasteiger partial charge in [0, 0.05) is 0 Å². The molecule has 0 aliphatic rings. The number of hydrogen-bond acceptors (Lipinski definition) is 3. The first kappa shape index (κ1) is 15.3. The Bertz CT molecular complexity index is 664. The maximum atomic E-state index is 13.6. The predicted octanol–water partition coefficient (Wildman–Crippen LogP) is 3.24. The molecule has 0 aromatic heterocycles. The molecule has 4 nitrogen and oxygen atoms in total. The van der Waals surface area contributed by atoms with Crippen molar-refractivity contribution in [3.05, 3.63) is 58.3 Å². The van der Waals surface area contributed by atoms with Gasteiger partial charge in [-0.25, -0.2) is 4.39 Å². The van der Waals surface area contributed by atoms with Crippen LogP contribution >= 0.6 is 15.9 Å². The average Bonchev–Trinajstić information content (AvgIpc) is 2.48. The molecular formula is C15H14BrFN2O2. The highest BCUT2D eigenvalue weighted by Gasteiger charge is 2.20. The molecule has 110 valence electrons. The summed E-state index contributed by atoms with van der Waals surface area (Å²) in [6.07, 6.45) is 0. The Hall–Kier alpha value is -2.08. The van der Waals surface area contributed by atoms with Crippen LogP contribution in [0.15, 0.2) is 46.9 Å². The van der Waals surface area contributed by atoms with Crippen molar-refractivity contribution < 1.29 is 13.9 Å². The predicted molar refractivity (Wildman–Crippen MR) is 82.7 cm³/mol. The van der Waals surface area contributed by atoms with Crippen molar-refractivity contribution in [2.45, 2.75) is 6.04 Å². The van der Waals surface area contributed by atoms with E-state index in [0.717, 1.165) is 0 Å². The summed E-state index contributed by atoms with van der Waals surface area (Å²) in [5.74, 6) is -0.496. The molecule has 21 heavy (non-hydrogen) atoms. The number of benzene rings is 2. The molecular weight excluding hydrogens is 339 g/mol. The van der Waals surface area contributed by atoms with Crippen LogP contribution in [0.5, 0.6) is 5.75 Å². The van der Waals surface area contributed by atoms with E-state index in [4.69, 9.17) is 10.5 Å². The first-order valence-corrected chi connectivity index (χ1v) is 6.96. The van der Waals surface area contributed by atoms with Gasteiger partial charge in [-0.15, -0.1) is 0 Å². The molecule has 0 aliphatic carbocycles. The minimum absolute atomic E-state index is 0.326. The summed E-state index contributed by atoms with van der Waals surface area (Å²) >= 11 is 3.07. The number of nitrogens with one attached hydrogen (secondary N) is 1. The highest BCUT2D eigenvalue weighted by Crippen LogP contribution is 2.29. The molecule has 0 heterocycles. The van der Waals surface area contributed by atoms with E-state index >= 15 is 0 Å².